The van der Waals surface area contributed by atoms with E-state index in [-0.39, 0.29) is 12.4 Å². The van der Waals surface area contributed by atoms with Crippen molar-refractivity contribution < 1.29 is 14.3 Å². The fourth-order valence-corrected chi connectivity index (χ4v) is 7.04. The van der Waals surface area contributed by atoms with Crippen LogP contribution in [-0.4, -0.2) is 71.9 Å². The number of likely N-dealkylation sites (N-methyl/N-ethyl adjacent to an activating group) is 1. The summed E-state index contributed by atoms with van der Waals surface area (Å²) in [6.45, 7) is 5.10. The van der Waals surface area contributed by atoms with Crippen LogP contribution < -0.4 is 25.4 Å². The van der Waals surface area contributed by atoms with E-state index in [9.17, 15) is 10.1 Å². The lowest BCUT2D eigenvalue weighted by atomic mass is 10.0. The summed E-state index contributed by atoms with van der Waals surface area (Å²) >= 11 is 1.40. The van der Waals surface area contributed by atoms with Crippen LogP contribution in [0, 0.1) is 23.7 Å². The zero-order valence-electron chi connectivity index (χ0n) is 27.0. The number of pyridine rings is 1. The number of terminal acetylenes is 1. The molecule has 0 bridgehead atoms. The van der Waals surface area contributed by atoms with Gasteiger partial charge >= 0.3 is 0 Å². The number of aromatic nitrogens is 3. The first-order chi connectivity index (χ1) is 23.9. The van der Waals surface area contributed by atoms with Crippen molar-refractivity contribution in [2.24, 2.45) is 0 Å². The first-order valence-electron chi connectivity index (χ1n) is 16.0. The second kappa shape index (κ2) is 13.8. The molecule has 2 aromatic heterocycles. The van der Waals surface area contributed by atoms with Gasteiger partial charge in [-0.3, -0.25) is 4.79 Å². The number of benzene rings is 3. The number of nitriles is 1. The van der Waals surface area contributed by atoms with E-state index in [1.165, 1.54) is 17.4 Å². The highest BCUT2D eigenvalue weighted by Crippen LogP contribution is 2.41. The Bertz CT molecular complexity index is 2190. The number of hydrogen-bond acceptors (Lipinski definition) is 10. The number of piperazine rings is 1. The summed E-state index contributed by atoms with van der Waals surface area (Å²) in [7, 11) is 2.15. The highest BCUT2D eigenvalue weighted by Gasteiger charge is 2.21. The number of rotatable bonds is 9. The molecule has 1 amide bonds. The zero-order chi connectivity index (χ0) is 33.9. The lowest BCUT2D eigenvalue weighted by Gasteiger charge is -2.34. The lowest BCUT2D eigenvalue weighted by molar-refractivity contribution is -0.117. The smallest absolute Gasteiger partial charge is 0.261 e. The molecule has 12 heteroatoms. The number of nitrogens with one attached hydrogen (secondary N) is 1. The number of nitrogen functional groups attached to an aromatic ring is 1. The summed E-state index contributed by atoms with van der Waals surface area (Å²) < 4.78 is 13.1. The highest BCUT2D eigenvalue weighted by molar-refractivity contribution is 7.99. The van der Waals surface area contributed by atoms with Gasteiger partial charge in [0.05, 0.1) is 5.52 Å². The van der Waals surface area contributed by atoms with Gasteiger partial charge in [-0.2, -0.15) is 5.26 Å². The quantitative estimate of drug-likeness (QED) is 0.0966. The molecule has 11 nitrogen and oxygen atoms in total. The summed E-state index contributed by atoms with van der Waals surface area (Å²) in [6, 6.07) is 20.0. The number of ether oxygens (including phenoxy) is 2. The Balaban J connectivity index is 1.02. The molecule has 0 aliphatic carbocycles. The number of carbonyl (C=O) groups is 1. The maximum absolute atomic E-state index is 13.1. The molecule has 4 heterocycles. The third kappa shape index (κ3) is 6.70. The molecular formula is C37H34N8O3S. The SMILES string of the molecule is C#Cc1cc2c(cc1Sc1nc3c(N)nccc3n1CCCNC(=O)C(C#N)=Cc1ccc3cc(N4CCN(C)CC4)ccc3c1)OCO2. The Hall–Kier alpha value is -5.69. The molecule has 1 fully saturated rings. The van der Waals surface area contributed by atoms with Gasteiger partial charge in [0, 0.05) is 67.7 Å². The van der Waals surface area contributed by atoms with Gasteiger partial charge < -0.3 is 34.9 Å². The number of anilines is 2. The third-order valence-electron chi connectivity index (χ3n) is 8.73. The van der Waals surface area contributed by atoms with Crippen molar-refractivity contribution >= 4 is 57.1 Å². The Labute approximate surface area is 288 Å². The van der Waals surface area contributed by atoms with Crippen LogP contribution in [0.4, 0.5) is 11.5 Å². The summed E-state index contributed by atoms with van der Waals surface area (Å²) in [5.41, 5.74) is 10.3. The van der Waals surface area contributed by atoms with Crippen LogP contribution in [0.1, 0.15) is 17.5 Å². The van der Waals surface area contributed by atoms with E-state index in [1.54, 1.807) is 18.3 Å². The van der Waals surface area contributed by atoms with E-state index in [0.717, 1.165) is 52.9 Å². The van der Waals surface area contributed by atoms with Gasteiger partial charge in [0.2, 0.25) is 6.79 Å². The topological polar surface area (TPSA) is 135 Å². The standard InChI is InChI=1S/C37H34N8O3S/c1-3-25-20-31-32(48-23-47-31)21-33(25)49-37-42-34-30(9-11-40-35(34)39)45(37)12-4-10-41-36(46)28(22-38)18-24-5-6-27-19-29(8-7-26(27)17-24)44-15-13-43(2)14-16-44/h1,5-9,11,17-21H,4,10,12-16,23H2,2H3,(H2,39,40)(H,41,46). The van der Waals surface area contributed by atoms with Gasteiger partial charge in [0.25, 0.3) is 5.91 Å². The van der Waals surface area contributed by atoms with Gasteiger partial charge in [0.15, 0.2) is 22.5 Å². The largest absolute Gasteiger partial charge is 0.454 e. The molecule has 7 rings (SSSR count). The van der Waals surface area contributed by atoms with Gasteiger partial charge in [-0.05, 0) is 66.2 Å². The molecule has 5 aromatic rings. The molecular weight excluding hydrogens is 637 g/mol. The van der Waals surface area contributed by atoms with Crippen molar-refractivity contribution in [2.75, 3.05) is 57.2 Å². The Morgan fingerprint density at radius 3 is 2.65 bits per heavy atom. The van der Waals surface area contributed by atoms with E-state index in [4.69, 9.17) is 26.6 Å². The Morgan fingerprint density at radius 2 is 1.86 bits per heavy atom. The number of carbonyl (C=O) groups excluding carboxylic acids is 1. The van der Waals surface area contributed by atoms with Crippen molar-refractivity contribution in [1.82, 2.24) is 24.8 Å². The number of aryl methyl sites for hydroxylation is 1. The second-order valence-electron chi connectivity index (χ2n) is 11.9. The molecule has 0 spiro atoms. The Kier molecular flexibility index (Phi) is 8.99. The summed E-state index contributed by atoms with van der Waals surface area (Å²) in [6.07, 6.45) is 9.66. The van der Waals surface area contributed by atoms with E-state index in [2.05, 4.69) is 57.3 Å². The molecule has 3 aromatic carbocycles. The van der Waals surface area contributed by atoms with Crippen molar-refractivity contribution in [2.45, 2.75) is 23.0 Å². The number of imidazole rings is 1. The molecule has 0 radical (unpaired) electrons. The molecule has 2 aliphatic heterocycles. The molecule has 49 heavy (non-hydrogen) atoms. The van der Waals surface area contributed by atoms with Gasteiger partial charge in [-0.15, -0.1) is 6.42 Å². The summed E-state index contributed by atoms with van der Waals surface area (Å²) in [5.74, 6) is 3.84. The fraction of sp³-hybridized carbons (Fsp3) is 0.243. The Morgan fingerprint density at radius 1 is 1.08 bits per heavy atom. The molecule has 0 atom stereocenters. The van der Waals surface area contributed by atoms with E-state index in [0.29, 0.717) is 53.1 Å². The molecule has 0 unspecified atom stereocenters. The normalized spacial score (nSPS) is 14.6. The third-order valence-corrected chi connectivity index (χ3v) is 9.78. The van der Waals surface area contributed by atoms with Crippen molar-refractivity contribution in [3.05, 3.63) is 77.5 Å². The van der Waals surface area contributed by atoms with Crippen LogP contribution in [0.25, 0.3) is 27.9 Å². The minimum absolute atomic E-state index is 0.0428. The number of hydrogen-bond donors (Lipinski definition) is 2. The van der Waals surface area contributed by atoms with E-state index >= 15 is 0 Å². The number of amides is 1. The predicted molar refractivity (Wildman–Crippen MR) is 191 cm³/mol. The molecule has 1 saturated heterocycles. The van der Waals surface area contributed by atoms with Crippen LogP contribution in [0.2, 0.25) is 0 Å². The predicted octanol–water partition coefficient (Wildman–Crippen LogP) is 4.89. The van der Waals surface area contributed by atoms with Crippen LogP contribution in [0.3, 0.4) is 0 Å². The van der Waals surface area contributed by atoms with Crippen LogP contribution >= 0.6 is 11.8 Å². The summed E-state index contributed by atoms with van der Waals surface area (Å²) in [4.78, 5) is 27.6. The van der Waals surface area contributed by atoms with Gasteiger partial charge in [-0.1, -0.05) is 35.9 Å². The van der Waals surface area contributed by atoms with E-state index in [1.807, 2.05) is 34.9 Å². The zero-order valence-corrected chi connectivity index (χ0v) is 27.8. The fourth-order valence-electron chi connectivity index (χ4n) is 6.02. The summed E-state index contributed by atoms with van der Waals surface area (Å²) in [5, 5.41) is 15.6. The van der Waals surface area contributed by atoms with Crippen LogP contribution in [0.5, 0.6) is 11.5 Å². The van der Waals surface area contributed by atoms with Gasteiger partial charge in [-0.25, -0.2) is 9.97 Å². The van der Waals surface area contributed by atoms with Crippen molar-refractivity contribution in [3.63, 3.8) is 0 Å². The lowest BCUT2D eigenvalue weighted by Crippen LogP contribution is -2.44. The van der Waals surface area contributed by atoms with Crippen molar-refractivity contribution in [1.29, 1.82) is 5.26 Å². The molecule has 3 N–H and O–H groups in total. The first kappa shape index (κ1) is 31.9. The number of nitrogens with two attached hydrogens (primary N) is 1. The average molecular weight is 671 g/mol. The molecule has 0 saturated carbocycles. The number of fused-ring (bicyclic) bond motifs is 3. The minimum Gasteiger partial charge on any atom is -0.454 e. The highest BCUT2D eigenvalue weighted by atomic mass is 32.2. The molecule has 246 valence electrons. The van der Waals surface area contributed by atoms with Gasteiger partial charge in [0.1, 0.15) is 17.2 Å². The number of nitrogens with zero attached hydrogens (tertiary/aromatic N) is 6. The maximum atomic E-state index is 13.1. The monoisotopic (exact) mass is 670 g/mol. The van der Waals surface area contributed by atoms with Crippen LogP contribution in [-0.2, 0) is 11.3 Å². The first-order valence-corrected chi connectivity index (χ1v) is 16.8. The second-order valence-corrected chi connectivity index (χ2v) is 12.9. The van der Waals surface area contributed by atoms with E-state index < -0.39 is 5.91 Å². The van der Waals surface area contributed by atoms with Crippen LogP contribution in [0.15, 0.2) is 76.4 Å². The average Bonchev–Trinajstić information content (AvgIpc) is 3.73. The minimum atomic E-state index is -0.425. The van der Waals surface area contributed by atoms with Crippen molar-refractivity contribution in [3.8, 4) is 29.9 Å². The molecule has 2 aliphatic rings. The maximum Gasteiger partial charge on any atom is 0.261 e.